The summed E-state index contributed by atoms with van der Waals surface area (Å²) < 4.78 is 94.4. The Bertz CT molecular complexity index is 7620. The quantitative estimate of drug-likeness (QED) is 0.0336. The van der Waals surface area contributed by atoms with Crippen LogP contribution in [-0.2, 0) is 91.9 Å². The molecule has 19 rings (SSSR count). The third-order valence-corrected chi connectivity index (χ3v) is 29.5. The van der Waals surface area contributed by atoms with Crippen LogP contribution in [0.4, 0.5) is 8.78 Å². The highest BCUT2D eigenvalue weighted by Gasteiger charge is 2.32. The maximum atomic E-state index is 13.9. The van der Waals surface area contributed by atoms with E-state index in [-0.39, 0.29) is 53.7 Å². The topological polar surface area (TPSA) is 335 Å². The lowest BCUT2D eigenvalue weighted by molar-refractivity contribution is 0.234. The average Bonchev–Trinajstić information content (AvgIpc) is 1.75. The van der Waals surface area contributed by atoms with Crippen molar-refractivity contribution < 1.29 is 25.6 Å². The highest BCUT2D eigenvalue weighted by Crippen LogP contribution is 2.35. The Hall–Kier alpha value is -16.4. The van der Waals surface area contributed by atoms with Crippen molar-refractivity contribution in [3.05, 3.63) is 524 Å². The van der Waals surface area contributed by atoms with Crippen LogP contribution in [0.15, 0.2) is 410 Å². The summed E-state index contributed by atoms with van der Waals surface area (Å²) >= 11 is 9.65. The third-order valence-electron chi connectivity index (χ3n) is 25.0. The maximum Gasteiger partial charge on any atom is 0.243 e. The number of rotatable bonds is 41. The van der Waals surface area contributed by atoms with Crippen molar-refractivity contribution in [3.63, 3.8) is 0 Å². The third kappa shape index (κ3) is 30.9. The Labute approximate surface area is 878 Å². The molecule has 0 atom stereocenters. The largest absolute Gasteiger partial charge is 0.312 e. The zero-order chi connectivity index (χ0) is 103. The lowest BCUT2D eigenvalue weighted by atomic mass is 9.88. The number of H-pyrrole nitrogens is 2. The summed E-state index contributed by atoms with van der Waals surface area (Å²) in [5.74, 6) is 9.77. The van der Waals surface area contributed by atoms with Crippen LogP contribution in [0.2, 0.25) is 5.02 Å². The van der Waals surface area contributed by atoms with E-state index in [9.17, 15) is 25.6 Å². The molecule has 34 heteroatoms. The van der Waals surface area contributed by atoms with E-state index in [1.807, 2.05) is 179 Å². The minimum Gasteiger partial charge on any atom is -0.312 e. The monoisotopic (exact) mass is 2100 g/mol. The van der Waals surface area contributed by atoms with Crippen LogP contribution < -0.4 is 0 Å². The molecule has 19 aromatic rings. The second-order valence-electron chi connectivity index (χ2n) is 35.2. The summed E-state index contributed by atoms with van der Waals surface area (Å²) in [6.45, 7) is 6.61. The van der Waals surface area contributed by atoms with E-state index in [4.69, 9.17) is 22.1 Å². The van der Waals surface area contributed by atoms with Crippen molar-refractivity contribution in [1.29, 1.82) is 10.5 Å². The van der Waals surface area contributed by atoms with Gasteiger partial charge in [-0.3, -0.25) is 20.0 Å². The van der Waals surface area contributed by atoms with Gasteiger partial charge >= 0.3 is 0 Å². The summed E-state index contributed by atoms with van der Waals surface area (Å²) in [4.78, 5) is 13.3. The van der Waals surface area contributed by atoms with Gasteiger partial charge in [-0.1, -0.05) is 288 Å². The summed E-state index contributed by atoms with van der Waals surface area (Å²) in [5, 5.41) is 66.3. The molecule has 0 fully saturated rings. The van der Waals surface area contributed by atoms with Gasteiger partial charge in [-0.2, -0.15) is 29.3 Å². The highest BCUT2D eigenvalue weighted by molar-refractivity contribution is 9.10. The molecule has 2 N–H and O–H groups in total. The molecule has 6 heterocycles. The first-order valence-electron chi connectivity index (χ1n) is 48.3. The fraction of sp³-hybridized carbons (Fsp3) is 0.183. The first kappa shape index (κ1) is 105. The number of halogens is 4. The van der Waals surface area contributed by atoms with Crippen molar-refractivity contribution in [2.45, 2.75) is 119 Å². The molecule has 750 valence electrons. The molecule has 0 amide bonds. The number of benzene rings is 13. The van der Waals surface area contributed by atoms with Gasteiger partial charge in [0.05, 0.1) is 98.5 Å². The first-order chi connectivity index (χ1) is 72.9. The molecule has 0 aliphatic rings. The Balaban J connectivity index is 0.000000142. The second kappa shape index (κ2) is 53.6. The number of nitriles is 2. The van der Waals surface area contributed by atoms with Crippen LogP contribution in [0.5, 0.6) is 0 Å². The van der Waals surface area contributed by atoms with Gasteiger partial charge in [-0.05, 0) is 191 Å². The Morgan fingerprint density at radius 3 is 1.07 bits per heavy atom. The number of hydrogen-bond donors (Lipinski definition) is 2. The van der Waals surface area contributed by atoms with E-state index in [1.165, 1.54) is 62.2 Å². The van der Waals surface area contributed by atoms with E-state index in [0.717, 1.165) is 122 Å². The van der Waals surface area contributed by atoms with Gasteiger partial charge < -0.3 is 18.3 Å². The van der Waals surface area contributed by atoms with Gasteiger partial charge in [0.2, 0.25) is 20.0 Å². The standard InChI is InChI=1S/C33H29FN4O2S.C31H28ClFN4O2S.C29H28N8.C22H21BrN8/c34-30-18-20-31(21-19-30)41(39,40)38(24-22-32(28-14-6-2-7-15-28)29-16-8-3-9-17-29)25-33-36-35-26-37(33)23-10-13-27-11-4-1-5-12-27;32-27-13-7-8-24(20-27)21-36-23-34-35-31(36)22-37(40(38,39)29-16-14-28(33)15-17-29)19-18-30(25-9-3-1-4-10-25)26-11-5-2-6-12-26;30-17-23-11-13-24(14-12-23)18-37-22-33-35-29(37)20-36(19-28-31-21-32-34-28)16-15-27(25-7-3-1-4-8-25)26-9-5-2-6-10-26;23-20-7-5-17(6-8-20)9-10-30(13-21-25-15-26-28-21)14-22-29-27-16-31(22)12-19-3-1-18(11-24)2-4-19/h1-9,11-12,14-21,26,32H,22-25H2;1-17,20,23,30H,18-19,21-22H2;1-14,21-22,27H,15-16,18-20H2,(H,31,32,34);1-8,15-16H,9-10,12-14H2,(H,25,26,28). The predicted molar refractivity (Wildman–Crippen MR) is 569 cm³/mol. The summed E-state index contributed by atoms with van der Waals surface area (Å²) in [6, 6.07) is 116. The fourth-order valence-electron chi connectivity index (χ4n) is 17.2. The molecule has 0 radical (unpaired) electrons. The Morgan fingerprint density at radius 2 is 0.698 bits per heavy atom. The number of nitrogens with zero attached hydrogens (tertiary/aromatic N) is 22. The van der Waals surface area contributed by atoms with Crippen molar-refractivity contribution in [1.82, 2.24) is 108 Å². The smallest absolute Gasteiger partial charge is 0.243 e. The molecule has 149 heavy (non-hydrogen) atoms. The van der Waals surface area contributed by atoms with Gasteiger partial charge in [-0.15, -0.1) is 40.8 Å². The van der Waals surface area contributed by atoms with E-state index >= 15 is 0 Å². The van der Waals surface area contributed by atoms with Gasteiger partial charge in [0.25, 0.3) is 0 Å². The summed E-state index contributed by atoms with van der Waals surface area (Å²) in [6.07, 6.45) is 12.6. The zero-order valence-electron chi connectivity index (χ0n) is 81.3. The van der Waals surface area contributed by atoms with Gasteiger partial charge in [0, 0.05) is 59.0 Å². The minimum atomic E-state index is -3.99. The van der Waals surface area contributed by atoms with E-state index in [2.05, 4.69) is 259 Å². The van der Waals surface area contributed by atoms with Crippen LogP contribution in [0.25, 0.3) is 0 Å². The Kier molecular flexibility index (Phi) is 37.9. The van der Waals surface area contributed by atoms with Crippen molar-refractivity contribution in [3.8, 4) is 24.0 Å². The van der Waals surface area contributed by atoms with Gasteiger partial charge in [-0.25, -0.2) is 35.6 Å². The lowest BCUT2D eigenvalue weighted by Crippen LogP contribution is -2.33. The number of sulfonamides is 2. The molecular formula is C115H106BrClF2N24O4S2. The SMILES string of the molecule is N#Cc1ccc(Cn2cnnc2CN(CCC(c2ccccc2)c2ccccc2)Cc2ncn[nH]2)cc1.N#Cc1ccc(Cn2cnnc2CN(CCc2ccc(Br)cc2)Cc2ncn[nH]2)cc1.O=S(=O)(c1ccc(F)cc1)N(CCC(c1ccccc1)c1ccccc1)Cc1nncn1CC#Cc1ccccc1.O=S(=O)(c1ccc(F)cc1)N(CCC(c1ccccc1)c1ccccc1)Cc1nncn1Cc1cccc(Cl)c1. The molecule has 0 saturated carbocycles. The highest BCUT2D eigenvalue weighted by atomic mass is 79.9. The van der Waals surface area contributed by atoms with Crippen molar-refractivity contribution in [2.24, 2.45) is 0 Å². The molecular weight excluding hydrogens is 2000 g/mol. The molecule has 0 bridgehead atoms. The average molecular weight is 2110 g/mol. The van der Waals surface area contributed by atoms with E-state index < -0.39 is 31.7 Å². The number of hydrogen-bond acceptors (Lipinski definition) is 20. The summed E-state index contributed by atoms with van der Waals surface area (Å²) in [5.41, 5.74) is 13.6. The molecule has 0 unspecified atom stereocenters. The normalized spacial score (nSPS) is 11.4. The Morgan fingerprint density at radius 1 is 0.356 bits per heavy atom. The molecule has 0 aliphatic heterocycles. The van der Waals surface area contributed by atoms with E-state index in [1.54, 1.807) is 35.9 Å². The van der Waals surface area contributed by atoms with Crippen molar-refractivity contribution >= 4 is 47.6 Å². The van der Waals surface area contributed by atoms with E-state index in [0.29, 0.717) is 93.0 Å². The molecule has 28 nitrogen and oxygen atoms in total. The number of aromatic nitrogens is 18. The van der Waals surface area contributed by atoms with Gasteiger partial charge in [0.15, 0.2) is 0 Å². The molecule has 6 aromatic heterocycles. The maximum absolute atomic E-state index is 13.9. The molecule has 0 spiro atoms. The fourth-order valence-corrected chi connectivity index (χ4v) is 20.5. The second-order valence-corrected chi connectivity index (χ2v) is 40.4. The van der Waals surface area contributed by atoms with Crippen LogP contribution >= 0.6 is 27.5 Å². The first-order valence-corrected chi connectivity index (χ1v) is 52.4. The minimum absolute atomic E-state index is 0.00340. The molecule has 0 saturated heterocycles. The van der Waals surface area contributed by atoms with Crippen molar-refractivity contribution in [2.75, 3.05) is 26.2 Å². The van der Waals surface area contributed by atoms with Gasteiger partial charge in [0.1, 0.15) is 84.5 Å². The molecule has 13 aromatic carbocycles. The molecule has 0 aliphatic carbocycles. The number of nitrogens with one attached hydrogen (secondary N) is 2. The van der Waals surface area contributed by atoms with Crippen LogP contribution in [-0.4, -0.2) is 151 Å². The van der Waals surface area contributed by atoms with Crippen LogP contribution in [0.1, 0.15) is 144 Å². The predicted octanol–water partition coefficient (Wildman–Crippen LogP) is 20.3. The summed E-state index contributed by atoms with van der Waals surface area (Å²) in [7, 11) is -7.97. The van der Waals surface area contributed by atoms with Crippen LogP contribution in [0, 0.1) is 46.1 Å². The lowest BCUT2D eigenvalue weighted by Gasteiger charge is -2.25. The zero-order valence-corrected chi connectivity index (χ0v) is 85.3. The van der Waals surface area contributed by atoms with Crippen LogP contribution in [0.3, 0.4) is 0 Å². The number of aromatic amines is 2.